The number of carbonyl (C=O) groups excluding carboxylic acids is 1. The number of carboxylic acid groups (broad SMARTS) is 1. The summed E-state index contributed by atoms with van der Waals surface area (Å²) in [7, 11) is 3.14. The number of aromatic nitrogens is 4. The Morgan fingerprint density at radius 3 is 2.50 bits per heavy atom. The van der Waals surface area contributed by atoms with Crippen molar-refractivity contribution in [2.24, 2.45) is 20.0 Å². The van der Waals surface area contributed by atoms with Crippen molar-refractivity contribution in [3.8, 4) is 0 Å². The molecule has 2 heterocycles. The van der Waals surface area contributed by atoms with Crippen LogP contribution in [0.3, 0.4) is 0 Å². The highest BCUT2D eigenvalue weighted by molar-refractivity contribution is 5.77. The lowest BCUT2D eigenvalue weighted by atomic mass is 9.86. The summed E-state index contributed by atoms with van der Waals surface area (Å²) < 4.78 is 3.64. The lowest BCUT2D eigenvalue weighted by molar-refractivity contribution is -0.142. The van der Waals surface area contributed by atoms with Crippen molar-refractivity contribution in [1.29, 1.82) is 0 Å². The molecule has 1 amide bonds. The molecule has 1 fully saturated rings. The molecule has 1 aliphatic rings. The first-order valence-electron chi connectivity index (χ1n) is 8.42. The molecule has 0 unspecified atom stereocenters. The highest BCUT2D eigenvalue weighted by Gasteiger charge is 2.27. The minimum atomic E-state index is -0.811. The number of nitrogens with one attached hydrogen (secondary N) is 1. The summed E-state index contributed by atoms with van der Waals surface area (Å²) in [5, 5.41) is 11.8. The van der Waals surface area contributed by atoms with E-state index in [0.29, 0.717) is 25.7 Å². The molecule has 140 valence electrons. The zero-order chi connectivity index (χ0) is 19.0. The summed E-state index contributed by atoms with van der Waals surface area (Å²) in [6.45, 7) is -0.383. The Bertz CT molecular complexity index is 977. The van der Waals surface area contributed by atoms with Gasteiger partial charge in [0.15, 0.2) is 11.2 Å². The molecule has 1 saturated carbocycles. The van der Waals surface area contributed by atoms with Gasteiger partial charge >= 0.3 is 11.7 Å². The van der Waals surface area contributed by atoms with Gasteiger partial charge in [-0.1, -0.05) is 0 Å². The second kappa shape index (κ2) is 6.77. The highest BCUT2D eigenvalue weighted by Crippen LogP contribution is 2.24. The van der Waals surface area contributed by atoms with Gasteiger partial charge in [0.2, 0.25) is 5.91 Å². The smallest absolute Gasteiger partial charge is 0.332 e. The number of hydrogen-bond donors (Lipinski definition) is 2. The van der Waals surface area contributed by atoms with Crippen molar-refractivity contribution in [2.45, 2.75) is 38.3 Å². The van der Waals surface area contributed by atoms with Gasteiger partial charge in [-0.15, -0.1) is 0 Å². The summed E-state index contributed by atoms with van der Waals surface area (Å²) in [4.78, 5) is 52.3. The van der Waals surface area contributed by atoms with E-state index in [1.807, 2.05) is 0 Å². The molecular weight excluding hydrogens is 342 g/mol. The molecule has 26 heavy (non-hydrogen) atoms. The van der Waals surface area contributed by atoms with Crippen LogP contribution in [0.15, 0.2) is 15.9 Å². The average Bonchev–Trinajstić information content (AvgIpc) is 2.99. The predicted molar refractivity (Wildman–Crippen MR) is 91.7 cm³/mol. The molecule has 1 aliphatic carbocycles. The maximum Gasteiger partial charge on any atom is 0.332 e. The third-order valence-electron chi connectivity index (χ3n) is 4.94. The Morgan fingerprint density at radius 1 is 1.23 bits per heavy atom. The largest absolute Gasteiger partial charge is 0.481 e. The van der Waals surface area contributed by atoms with E-state index >= 15 is 0 Å². The van der Waals surface area contributed by atoms with Crippen LogP contribution in [-0.4, -0.2) is 41.7 Å². The molecule has 0 radical (unpaired) electrons. The van der Waals surface area contributed by atoms with Crippen LogP contribution in [0.5, 0.6) is 0 Å². The van der Waals surface area contributed by atoms with E-state index in [1.54, 1.807) is 7.05 Å². The van der Waals surface area contributed by atoms with Crippen LogP contribution in [0.1, 0.15) is 25.7 Å². The fourth-order valence-electron chi connectivity index (χ4n) is 3.44. The summed E-state index contributed by atoms with van der Waals surface area (Å²) >= 11 is 0. The number of nitrogens with zero attached hydrogens (tertiary/aromatic N) is 4. The Balaban J connectivity index is 1.76. The molecule has 0 saturated heterocycles. The normalized spacial score (nSPS) is 20.2. The van der Waals surface area contributed by atoms with Crippen LogP contribution < -0.4 is 16.6 Å². The van der Waals surface area contributed by atoms with Crippen molar-refractivity contribution in [3.05, 3.63) is 27.2 Å². The standard InChI is InChI=1S/C16H21N5O5/c1-19-8-17-13-12(19)14(23)21(16(26)20(13)2)7-11(22)18-10-5-3-9(4-6-10)15(24)25/h8-10H,3-7H2,1-2H3,(H,18,22)(H,24,25). The monoisotopic (exact) mass is 363 g/mol. The number of carbonyl (C=O) groups is 2. The van der Waals surface area contributed by atoms with Gasteiger partial charge in [-0.3, -0.25) is 19.0 Å². The summed E-state index contributed by atoms with van der Waals surface area (Å²) in [6, 6.07) is -0.141. The maximum atomic E-state index is 12.6. The molecule has 0 spiro atoms. The van der Waals surface area contributed by atoms with Crippen molar-refractivity contribution in [1.82, 2.24) is 24.0 Å². The lowest BCUT2D eigenvalue weighted by Gasteiger charge is -2.26. The van der Waals surface area contributed by atoms with Gasteiger partial charge in [-0.05, 0) is 25.7 Å². The Hall–Kier alpha value is -2.91. The van der Waals surface area contributed by atoms with E-state index in [9.17, 15) is 19.2 Å². The van der Waals surface area contributed by atoms with E-state index in [2.05, 4.69) is 10.3 Å². The zero-order valence-corrected chi connectivity index (χ0v) is 14.6. The fourth-order valence-corrected chi connectivity index (χ4v) is 3.44. The quantitative estimate of drug-likeness (QED) is 0.731. The first kappa shape index (κ1) is 17.9. The molecule has 2 aromatic heterocycles. The highest BCUT2D eigenvalue weighted by atomic mass is 16.4. The van der Waals surface area contributed by atoms with Crippen LogP contribution in [0.4, 0.5) is 0 Å². The second-order valence-corrected chi connectivity index (χ2v) is 6.71. The van der Waals surface area contributed by atoms with Gasteiger partial charge in [-0.2, -0.15) is 0 Å². The number of imidazole rings is 1. The Kier molecular flexibility index (Phi) is 4.66. The molecule has 0 bridgehead atoms. The molecule has 0 aromatic carbocycles. The maximum absolute atomic E-state index is 12.6. The summed E-state index contributed by atoms with van der Waals surface area (Å²) in [5.74, 6) is -1.62. The first-order valence-corrected chi connectivity index (χ1v) is 8.42. The molecule has 2 aromatic rings. The molecule has 3 rings (SSSR count). The molecule has 10 heteroatoms. The molecular formula is C16H21N5O5. The van der Waals surface area contributed by atoms with Crippen LogP contribution in [0.2, 0.25) is 0 Å². The van der Waals surface area contributed by atoms with E-state index in [1.165, 1.54) is 22.5 Å². The van der Waals surface area contributed by atoms with E-state index in [4.69, 9.17) is 5.11 Å². The predicted octanol–water partition coefficient (Wildman–Crippen LogP) is -0.807. The SMILES string of the molecule is Cn1cnc2c1c(=O)n(CC(=O)NC1CCC(C(=O)O)CC1)c(=O)n2C. The third-order valence-corrected chi connectivity index (χ3v) is 4.94. The Morgan fingerprint density at radius 2 is 1.88 bits per heavy atom. The zero-order valence-electron chi connectivity index (χ0n) is 14.6. The van der Waals surface area contributed by atoms with Crippen LogP contribution >= 0.6 is 0 Å². The fraction of sp³-hybridized carbons (Fsp3) is 0.562. The number of aliphatic carboxylic acids is 1. The van der Waals surface area contributed by atoms with Gasteiger partial charge in [0.1, 0.15) is 6.54 Å². The Labute approximate surface area is 148 Å². The molecule has 0 aliphatic heterocycles. The number of aryl methyl sites for hydroxylation is 2. The van der Waals surface area contributed by atoms with Gasteiger partial charge < -0.3 is 15.0 Å². The first-order chi connectivity index (χ1) is 12.3. The van der Waals surface area contributed by atoms with Crippen molar-refractivity contribution < 1.29 is 14.7 Å². The number of hydrogen-bond acceptors (Lipinski definition) is 5. The van der Waals surface area contributed by atoms with Crippen LogP contribution in [0, 0.1) is 5.92 Å². The number of carboxylic acids is 1. The van der Waals surface area contributed by atoms with Crippen molar-refractivity contribution in [3.63, 3.8) is 0 Å². The van der Waals surface area contributed by atoms with Gasteiger partial charge in [-0.25, -0.2) is 14.3 Å². The molecule has 2 N–H and O–H groups in total. The summed E-state index contributed by atoms with van der Waals surface area (Å²) in [5.41, 5.74) is -0.646. The molecule has 0 atom stereocenters. The third kappa shape index (κ3) is 3.14. The second-order valence-electron chi connectivity index (χ2n) is 6.71. The van der Waals surface area contributed by atoms with Crippen molar-refractivity contribution >= 4 is 23.0 Å². The van der Waals surface area contributed by atoms with Gasteiger partial charge in [0, 0.05) is 20.1 Å². The van der Waals surface area contributed by atoms with Crippen molar-refractivity contribution in [2.75, 3.05) is 0 Å². The van der Waals surface area contributed by atoms with E-state index < -0.39 is 23.1 Å². The van der Waals surface area contributed by atoms with Gasteiger partial charge in [0.05, 0.1) is 12.2 Å². The van der Waals surface area contributed by atoms with E-state index in [-0.39, 0.29) is 29.7 Å². The van der Waals surface area contributed by atoms with Gasteiger partial charge in [0.25, 0.3) is 5.56 Å². The van der Waals surface area contributed by atoms with E-state index in [0.717, 1.165) is 4.57 Å². The average molecular weight is 363 g/mol. The number of fused-ring (bicyclic) bond motifs is 1. The minimum Gasteiger partial charge on any atom is -0.481 e. The molecule has 10 nitrogen and oxygen atoms in total. The lowest BCUT2D eigenvalue weighted by Crippen LogP contribution is -2.46. The number of rotatable bonds is 4. The summed E-state index contributed by atoms with van der Waals surface area (Å²) in [6.07, 6.45) is 3.58. The topological polar surface area (TPSA) is 128 Å². The number of amides is 1. The van der Waals surface area contributed by atoms with Crippen LogP contribution in [-0.2, 0) is 30.2 Å². The minimum absolute atomic E-state index is 0.141. The van der Waals surface area contributed by atoms with Crippen LogP contribution in [0.25, 0.3) is 11.2 Å².